The third-order valence-corrected chi connectivity index (χ3v) is 6.30. The van der Waals surface area contributed by atoms with Crippen LogP contribution >= 0.6 is 11.6 Å². The number of aryl methyl sites for hydroxylation is 1. The molecular formula is C22H28ClN3O3. The summed E-state index contributed by atoms with van der Waals surface area (Å²) < 4.78 is 5.83. The van der Waals surface area contributed by atoms with Crippen LogP contribution in [0.1, 0.15) is 41.8 Å². The van der Waals surface area contributed by atoms with Gasteiger partial charge in [0.1, 0.15) is 5.58 Å². The Morgan fingerprint density at radius 1 is 0.966 bits per heavy atom. The molecule has 2 fully saturated rings. The predicted octanol–water partition coefficient (Wildman–Crippen LogP) is 3.56. The predicted molar refractivity (Wildman–Crippen MR) is 113 cm³/mol. The van der Waals surface area contributed by atoms with Crippen LogP contribution in [0.5, 0.6) is 0 Å². The van der Waals surface area contributed by atoms with Crippen molar-refractivity contribution in [2.45, 2.75) is 32.6 Å². The first-order valence-electron chi connectivity index (χ1n) is 10.5. The van der Waals surface area contributed by atoms with Gasteiger partial charge < -0.3 is 14.2 Å². The van der Waals surface area contributed by atoms with Gasteiger partial charge in [-0.3, -0.25) is 14.5 Å². The number of furan rings is 1. The van der Waals surface area contributed by atoms with E-state index in [1.54, 1.807) is 12.1 Å². The Labute approximate surface area is 176 Å². The van der Waals surface area contributed by atoms with Crippen molar-refractivity contribution in [3.8, 4) is 0 Å². The van der Waals surface area contributed by atoms with Crippen molar-refractivity contribution >= 4 is 34.4 Å². The van der Waals surface area contributed by atoms with Crippen LogP contribution in [-0.2, 0) is 4.79 Å². The third-order valence-electron chi connectivity index (χ3n) is 6.07. The topological polar surface area (TPSA) is 57.0 Å². The zero-order chi connectivity index (χ0) is 20.4. The van der Waals surface area contributed by atoms with E-state index in [9.17, 15) is 9.59 Å². The van der Waals surface area contributed by atoms with Gasteiger partial charge in [0.15, 0.2) is 5.76 Å². The third kappa shape index (κ3) is 4.43. The van der Waals surface area contributed by atoms with E-state index in [-0.39, 0.29) is 11.8 Å². The molecule has 0 aliphatic carbocycles. The van der Waals surface area contributed by atoms with Gasteiger partial charge in [-0.1, -0.05) is 24.4 Å². The van der Waals surface area contributed by atoms with E-state index in [2.05, 4.69) is 4.90 Å². The molecule has 2 saturated heterocycles. The summed E-state index contributed by atoms with van der Waals surface area (Å²) in [4.78, 5) is 31.6. The molecule has 156 valence electrons. The van der Waals surface area contributed by atoms with Gasteiger partial charge in [0.2, 0.25) is 5.91 Å². The number of benzene rings is 1. The largest absolute Gasteiger partial charge is 0.451 e. The highest BCUT2D eigenvalue weighted by Crippen LogP contribution is 2.29. The van der Waals surface area contributed by atoms with Gasteiger partial charge in [0, 0.05) is 55.2 Å². The molecule has 1 aromatic heterocycles. The van der Waals surface area contributed by atoms with Gasteiger partial charge in [-0.25, -0.2) is 0 Å². The first-order chi connectivity index (χ1) is 14.0. The molecule has 0 bridgehead atoms. The standard InChI is InChI=1S/C22H28ClN3O3/c1-16-18-14-17(23)6-7-19(18)29-21(16)22(28)26-12-10-24(11-13-26)15-20(27)25-8-4-2-3-5-9-25/h6-7,14H,2-5,8-13,15H2,1H3. The maximum absolute atomic E-state index is 13.0. The van der Waals surface area contributed by atoms with Gasteiger partial charge >= 0.3 is 0 Å². The average molecular weight is 418 g/mol. The molecule has 0 spiro atoms. The molecule has 0 radical (unpaired) electrons. The number of amides is 2. The van der Waals surface area contributed by atoms with E-state index in [1.165, 1.54) is 12.8 Å². The van der Waals surface area contributed by atoms with E-state index >= 15 is 0 Å². The summed E-state index contributed by atoms with van der Waals surface area (Å²) in [7, 11) is 0. The van der Waals surface area contributed by atoms with Crippen LogP contribution in [0.4, 0.5) is 0 Å². The second-order valence-electron chi connectivity index (χ2n) is 8.06. The van der Waals surface area contributed by atoms with Crippen molar-refractivity contribution in [1.29, 1.82) is 0 Å². The molecule has 2 aliphatic rings. The minimum atomic E-state index is -0.0895. The zero-order valence-corrected chi connectivity index (χ0v) is 17.7. The maximum atomic E-state index is 13.0. The number of piperazine rings is 1. The summed E-state index contributed by atoms with van der Waals surface area (Å²) in [5.74, 6) is 0.515. The fourth-order valence-electron chi connectivity index (χ4n) is 4.26. The van der Waals surface area contributed by atoms with Crippen LogP contribution in [0.3, 0.4) is 0 Å². The second-order valence-corrected chi connectivity index (χ2v) is 8.50. The zero-order valence-electron chi connectivity index (χ0n) is 17.0. The lowest BCUT2D eigenvalue weighted by atomic mass is 10.1. The normalized spacial score (nSPS) is 18.8. The summed E-state index contributed by atoms with van der Waals surface area (Å²) in [5, 5.41) is 1.51. The Hall–Kier alpha value is -2.05. The number of fused-ring (bicyclic) bond motifs is 1. The summed E-state index contributed by atoms with van der Waals surface area (Å²) in [6.45, 7) is 6.72. The Morgan fingerprint density at radius 3 is 2.34 bits per heavy atom. The molecule has 29 heavy (non-hydrogen) atoms. The first kappa shape index (κ1) is 20.2. The number of carbonyl (C=O) groups excluding carboxylic acids is 2. The fraction of sp³-hybridized carbons (Fsp3) is 0.545. The Kier molecular flexibility index (Phi) is 6.11. The SMILES string of the molecule is Cc1c(C(=O)N2CCN(CC(=O)N3CCCCCC3)CC2)oc2ccc(Cl)cc12. The molecule has 6 nitrogen and oxygen atoms in total. The highest BCUT2D eigenvalue weighted by Gasteiger charge is 2.28. The van der Waals surface area contributed by atoms with Crippen molar-refractivity contribution in [1.82, 2.24) is 14.7 Å². The van der Waals surface area contributed by atoms with Crippen molar-refractivity contribution in [3.63, 3.8) is 0 Å². The second kappa shape index (κ2) is 8.76. The molecule has 2 amide bonds. The average Bonchev–Trinajstić information content (AvgIpc) is 2.90. The van der Waals surface area contributed by atoms with Crippen LogP contribution in [-0.4, -0.2) is 72.3 Å². The smallest absolute Gasteiger partial charge is 0.289 e. The molecule has 2 aromatic rings. The lowest BCUT2D eigenvalue weighted by Crippen LogP contribution is -2.51. The van der Waals surface area contributed by atoms with Crippen LogP contribution in [0.15, 0.2) is 22.6 Å². The highest BCUT2D eigenvalue weighted by atomic mass is 35.5. The molecule has 4 rings (SSSR count). The molecule has 0 N–H and O–H groups in total. The lowest BCUT2D eigenvalue weighted by Gasteiger charge is -2.35. The number of halogens is 1. The molecule has 0 atom stereocenters. The summed E-state index contributed by atoms with van der Waals surface area (Å²) in [6.07, 6.45) is 4.65. The molecule has 0 unspecified atom stereocenters. The molecule has 2 aliphatic heterocycles. The van der Waals surface area contributed by atoms with Crippen LogP contribution in [0.2, 0.25) is 5.02 Å². The number of hydrogen-bond acceptors (Lipinski definition) is 4. The molecule has 3 heterocycles. The van der Waals surface area contributed by atoms with Gasteiger partial charge in [-0.05, 0) is 38.0 Å². The summed E-state index contributed by atoms with van der Waals surface area (Å²) in [5.41, 5.74) is 1.50. The Morgan fingerprint density at radius 2 is 1.66 bits per heavy atom. The van der Waals surface area contributed by atoms with E-state index in [0.29, 0.717) is 49.1 Å². The van der Waals surface area contributed by atoms with Crippen molar-refractivity contribution < 1.29 is 14.0 Å². The fourth-order valence-corrected chi connectivity index (χ4v) is 4.43. The molecular weight excluding hydrogens is 390 g/mol. The van der Waals surface area contributed by atoms with Crippen LogP contribution < -0.4 is 0 Å². The minimum Gasteiger partial charge on any atom is -0.451 e. The maximum Gasteiger partial charge on any atom is 0.289 e. The van der Waals surface area contributed by atoms with Gasteiger partial charge in [-0.15, -0.1) is 0 Å². The number of hydrogen-bond donors (Lipinski definition) is 0. The molecule has 1 aromatic carbocycles. The number of nitrogens with zero attached hydrogens (tertiary/aromatic N) is 3. The summed E-state index contributed by atoms with van der Waals surface area (Å²) >= 11 is 6.08. The number of carbonyl (C=O) groups is 2. The number of likely N-dealkylation sites (tertiary alicyclic amines) is 1. The Balaban J connectivity index is 1.35. The van der Waals surface area contributed by atoms with Crippen LogP contribution in [0, 0.1) is 6.92 Å². The van der Waals surface area contributed by atoms with E-state index in [4.69, 9.17) is 16.0 Å². The van der Waals surface area contributed by atoms with Crippen molar-refractivity contribution in [2.24, 2.45) is 0 Å². The monoisotopic (exact) mass is 417 g/mol. The number of rotatable bonds is 3. The quantitative estimate of drug-likeness (QED) is 0.766. The lowest BCUT2D eigenvalue weighted by molar-refractivity contribution is -0.132. The van der Waals surface area contributed by atoms with E-state index in [0.717, 1.165) is 36.9 Å². The summed E-state index contributed by atoms with van der Waals surface area (Å²) in [6, 6.07) is 5.40. The van der Waals surface area contributed by atoms with Crippen molar-refractivity contribution in [2.75, 3.05) is 45.8 Å². The molecule has 0 saturated carbocycles. The van der Waals surface area contributed by atoms with E-state index in [1.807, 2.05) is 22.8 Å². The van der Waals surface area contributed by atoms with Crippen LogP contribution in [0.25, 0.3) is 11.0 Å². The van der Waals surface area contributed by atoms with E-state index < -0.39 is 0 Å². The highest BCUT2D eigenvalue weighted by molar-refractivity contribution is 6.31. The van der Waals surface area contributed by atoms with Gasteiger partial charge in [0.25, 0.3) is 5.91 Å². The minimum absolute atomic E-state index is 0.0895. The Bertz CT molecular complexity index is 894. The van der Waals surface area contributed by atoms with Gasteiger partial charge in [-0.2, -0.15) is 0 Å². The molecule has 7 heteroatoms. The van der Waals surface area contributed by atoms with Gasteiger partial charge in [0.05, 0.1) is 6.54 Å². The first-order valence-corrected chi connectivity index (χ1v) is 10.9. The van der Waals surface area contributed by atoms with Crippen molar-refractivity contribution in [3.05, 3.63) is 34.5 Å².